The number of carboxylic acids is 1. The van der Waals surface area contributed by atoms with Crippen LogP contribution in [0.5, 0.6) is 5.75 Å². The monoisotopic (exact) mass is 389 g/mol. The van der Waals surface area contributed by atoms with E-state index in [1.165, 1.54) is 0 Å². The molecule has 0 aliphatic heterocycles. The minimum absolute atomic E-state index is 0.164. The molecule has 2 N–H and O–H groups in total. The molecule has 0 radical (unpaired) electrons. The summed E-state index contributed by atoms with van der Waals surface area (Å²) >= 11 is 0. The van der Waals surface area contributed by atoms with Crippen LogP contribution >= 0.6 is 0 Å². The van der Waals surface area contributed by atoms with Gasteiger partial charge in [0, 0.05) is 6.04 Å². The Hall–Kier alpha value is -2.38. The van der Waals surface area contributed by atoms with Crippen molar-refractivity contribution in [3.8, 4) is 5.75 Å². The predicted molar refractivity (Wildman–Crippen MR) is 102 cm³/mol. The fourth-order valence-corrected chi connectivity index (χ4v) is 5.46. The number of methoxy groups -OCH3 is 1. The van der Waals surface area contributed by atoms with Crippen LogP contribution in [0.3, 0.4) is 0 Å². The summed E-state index contributed by atoms with van der Waals surface area (Å²) in [5.41, 5.74) is 3.11. The van der Waals surface area contributed by atoms with Crippen LogP contribution in [0.25, 0.3) is 0 Å². The number of nitrogens with one attached hydrogen (secondary N) is 1. The molecule has 144 valence electrons. The summed E-state index contributed by atoms with van der Waals surface area (Å²) in [7, 11) is -2.23. The van der Waals surface area contributed by atoms with E-state index in [0.29, 0.717) is 23.3 Å². The fraction of sp³-hybridized carbons (Fsp3) is 0.350. The predicted octanol–water partition coefficient (Wildman–Crippen LogP) is 3.37. The second-order valence-corrected chi connectivity index (χ2v) is 8.53. The summed E-state index contributed by atoms with van der Waals surface area (Å²) in [6.07, 6.45) is 2.28. The van der Waals surface area contributed by atoms with E-state index < -0.39 is 22.0 Å². The molecule has 1 unspecified atom stereocenters. The number of benzene rings is 2. The van der Waals surface area contributed by atoms with Crippen LogP contribution in [-0.2, 0) is 16.4 Å². The topological polar surface area (TPSA) is 92.7 Å². The highest BCUT2D eigenvalue weighted by atomic mass is 32.2. The molecule has 0 saturated carbocycles. The number of ether oxygens (including phenoxy) is 1. The quantitative estimate of drug-likeness (QED) is 0.818. The smallest absolute Gasteiger partial charge is 0.335 e. The first-order chi connectivity index (χ1) is 12.7. The van der Waals surface area contributed by atoms with Crippen LogP contribution in [-0.4, -0.2) is 26.6 Å². The average molecular weight is 389 g/mol. The molecule has 0 amide bonds. The Morgan fingerprint density at radius 3 is 2.44 bits per heavy atom. The number of hydrogen-bond acceptors (Lipinski definition) is 4. The molecule has 7 heteroatoms. The molecule has 1 atom stereocenters. The molecule has 3 rings (SSSR count). The number of sulfonamides is 1. The Balaban J connectivity index is 1.99. The molecule has 0 heterocycles. The van der Waals surface area contributed by atoms with Crippen LogP contribution in [0.4, 0.5) is 0 Å². The van der Waals surface area contributed by atoms with Gasteiger partial charge in [-0.1, -0.05) is 6.07 Å². The average Bonchev–Trinajstić information content (AvgIpc) is 2.60. The highest BCUT2D eigenvalue weighted by molar-refractivity contribution is 7.89. The molecule has 0 bridgehead atoms. The maximum atomic E-state index is 13.1. The molecule has 0 saturated heterocycles. The maximum absolute atomic E-state index is 13.1. The number of fused-ring (bicyclic) bond motifs is 1. The molecule has 2 aromatic carbocycles. The summed E-state index contributed by atoms with van der Waals surface area (Å²) in [6, 6.07) is 7.87. The second kappa shape index (κ2) is 7.32. The normalized spacial score (nSPS) is 16.6. The zero-order valence-electron chi connectivity index (χ0n) is 15.6. The third-order valence-electron chi connectivity index (χ3n) is 4.94. The van der Waals surface area contributed by atoms with E-state index >= 15 is 0 Å². The molecule has 6 nitrogen and oxygen atoms in total. The van der Waals surface area contributed by atoms with Gasteiger partial charge in [-0.3, -0.25) is 0 Å². The molecular weight excluding hydrogens is 366 g/mol. The molecule has 27 heavy (non-hydrogen) atoms. The van der Waals surface area contributed by atoms with Crippen molar-refractivity contribution >= 4 is 16.0 Å². The lowest BCUT2D eigenvalue weighted by Gasteiger charge is -2.27. The molecular formula is C20H23NO5S. The zero-order valence-corrected chi connectivity index (χ0v) is 16.4. The number of rotatable bonds is 5. The fourth-order valence-electron chi connectivity index (χ4n) is 3.75. The minimum Gasteiger partial charge on any atom is -0.497 e. The van der Waals surface area contributed by atoms with E-state index in [2.05, 4.69) is 4.72 Å². The number of carboxylic acid groups (broad SMARTS) is 1. The molecule has 0 spiro atoms. The van der Waals surface area contributed by atoms with Crippen LogP contribution in [0.2, 0.25) is 0 Å². The van der Waals surface area contributed by atoms with E-state index in [9.17, 15) is 18.3 Å². The molecule has 0 fully saturated rings. The van der Waals surface area contributed by atoms with Crippen molar-refractivity contribution in [1.82, 2.24) is 4.72 Å². The van der Waals surface area contributed by atoms with Gasteiger partial charge in [0.15, 0.2) is 0 Å². The Kier molecular flexibility index (Phi) is 5.26. The van der Waals surface area contributed by atoms with Gasteiger partial charge in [-0.2, -0.15) is 0 Å². The van der Waals surface area contributed by atoms with Gasteiger partial charge in [0.05, 0.1) is 17.6 Å². The first-order valence-corrected chi connectivity index (χ1v) is 10.2. The van der Waals surface area contributed by atoms with Crippen LogP contribution in [0.1, 0.15) is 51.5 Å². The van der Waals surface area contributed by atoms with Crippen molar-refractivity contribution in [1.29, 1.82) is 0 Å². The van der Waals surface area contributed by atoms with Gasteiger partial charge in [0.25, 0.3) is 0 Å². The van der Waals surface area contributed by atoms with Crippen molar-refractivity contribution in [2.24, 2.45) is 0 Å². The van der Waals surface area contributed by atoms with Crippen LogP contribution < -0.4 is 9.46 Å². The molecule has 1 aliphatic carbocycles. The lowest BCUT2D eigenvalue weighted by molar-refractivity contribution is 0.0696. The first kappa shape index (κ1) is 19.4. The number of aromatic carboxylic acids is 1. The maximum Gasteiger partial charge on any atom is 0.335 e. The summed E-state index contributed by atoms with van der Waals surface area (Å²) in [6.45, 7) is 3.48. The number of hydrogen-bond donors (Lipinski definition) is 2. The zero-order chi connectivity index (χ0) is 19.8. The Labute approximate surface area is 159 Å². The second-order valence-electron chi connectivity index (χ2n) is 6.88. The summed E-state index contributed by atoms with van der Waals surface area (Å²) < 4.78 is 34.2. The lowest BCUT2D eigenvalue weighted by atomic mass is 9.87. The van der Waals surface area contributed by atoms with E-state index in [-0.39, 0.29) is 10.5 Å². The van der Waals surface area contributed by atoms with Crippen LogP contribution in [0.15, 0.2) is 35.2 Å². The van der Waals surface area contributed by atoms with Crippen molar-refractivity contribution in [3.05, 3.63) is 58.1 Å². The van der Waals surface area contributed by atoms with Gasteiger partial charge in [-0.25, -0.2) is 17.9 Å². The minimum atomic E-state index is -3.78. The summed E-state index contributed by atoms with van der Waals surface area (Å²) in [5.74, 6) is -0.412. The third kappa shape index (κ3) is 3.84. The van der Waals surface area contributed by atoms with E-state index in [4.69, 9.17) is 4.74 Å². The summed E-state index contributed by atoms with van der Waals surface area (Å²) in [4.78, 5) is 11.5. The third-order valence-corrected chi connectivity index (χ3v) is 6.72. The van der Waals surface area contributed by atoms with Crippen molar-refractivity contribution in [2.45, 2.75) is 44.0 Å². The van der Waals surface area contributed by atoms with Gasteiger partial charge >= 0.3 is 5.97 Å². The largest absolute Gasteiger partial charge is 0.497 e. The Morgan fingerprint density at radius 2 is 1.85 bits per heavy atom. The Bertz CT molecular complexity index is 974. The first-order valence-electron chi connectivity index (χ1n) is 8.76. The Morgan fingerprint density at radius 1 is 1.19 bits per heavy atom. The van der Waals surface area contributed by atoms with Crippen molar-refractivity contribution < 1.29 is 23.1 Å². The van der Waals surface area contributed by atoms with Gasteiger partial charge in [0.1, 0.15) is 5.75 Å². The SMILES string of the molecule is COc1cc(C)c(S(=O)(=O)NC2CCCc3ccc(C(=O)O)cc32)c(C)c1. The van der Waals surface area contributed by atoms with E-state index in [0.717, 1.165) is 24.0 Å². The van der Waals surface area contributed by atoms with Gasteiger partial charge in [0.2, 0.25) is 10.0 Å². The van der Waals surface area contributed by atoms with Gasteiger partial charge in [-0.15, -0.1) is 0 Å². The van der Waals surface area contributed by atoms with Crippen LogP contribution in [0, 0.1) is 13.8 Å². The lowest BCUT2D eigenvalue weighted by Crippen LogP contribution is -2.32. The molecule has 1 aliphatic rings. The standard InChI is InChI=1S/C20H23NO5S/c1-12-9-16(26-3)10-13(2)19(12)27(24,25)21-18-6-4-5-14-7-8-15(20(22)23)11-17(14)18/h7-11,18,21H,4-6H2,1-3H3,(H,22,23). The van der Waals surface area contributed by atoms with E-state index in [1.54, 1.807) is 51.3 Å². The number of carbonyl (C=O) groups is 1. The van der Waals surface area contributed by atoms with Crippen molar-refractivity contribution in [2.75, 3.05) is 7.11 Å². The molecule has 0 aromatic heterocycles. The van der Waals surface area contributed by atoms with Gasteiger partial charge in [-0.05, 0) is 79.6 Å². The highest BCUT2D eigenvalue weighted by Crippen LogP contribution is 2.33. The summed E-state index contributed by atoms with van der Waals surface area (Å²) in [5, 5.41) is 9.25. The van der Waals surface area contributed by atoms with E-state index in [1.807, 2.05) is 0 Å². The molecule has 2 aromatic rings. The highest BCUT2D eigenvalue weighted by Gasteiger charge is 2.28. The van der Waals surface area contributed by atoms with Gasteiger partial charge < -0.3 is 9.84 Å². The number of aryl methyl sites for hydroxylation is 3. The van der Waals surface area contributed by atoms with Crippen molar-refractivity contribution in [3.63, 3.8) is 0 Å².